The highest BCUT2D eigenvalue weighted by Gasteiger charge is 2.11. The van der Waals surface area contributed by atoms with Crippen LogP contribution in [0.4, 0.5) is 5.69 Å². The van der Waals surface area contributed by atoms with Crippen molar-refractivity contribution in [3.8, 4) is 0 Å². The first-order valence-electron chi connectivity index (χ1n) is 8.21. The number of hydrogen-bond acceptors (Lipinski definition) is 2. The molecule has 0 bridgehead atoms. The van der Waals surface area contributed by atoms with E-state index in [9.17, 15) is 4.79 Å². The first-order valence-corrected chi connectivity index (χ1v) is 8.59. The Bertz CT molecular complexity index is 762. The summed E-state index contributed by atoms with van der Waals surface area (Å²) < 4.78 is 1.79. The zero-order valence-electron chi connectivity index (χ0n) is 14.7. The first-order chi connectivity index (χ1) is 11.4. The van der Waals surface area contributed by atoms with Gasteiger partial charge in [-0.05, 0) is 44.9 Å². The Labute approximate surface area is 148 Å². The van der Waals surface area contributed by atoms with Gasteiger partial charge in [0.2, 0.25) is 5.91 Å². The van der Waals surface area contributed by atoms with Gasteiger partial charge in [0.25, 0.3) is 0 Å². The Morgan fingerprint density at radius 1 is 1.33 bits per heavy atom. The Hall–Kier alpha value is -2.07. The molecule has 2 rings (SSSR count). The molecule has 0 aliphatic carbocycles. The van der Waals surface area contributed by atoms with Gasteiger partial charge in [-0.15, -0.1) is 0 Å². The maximum atomic E-state index is 12.2. The molecule has 0 saturated heterocycles. The van der Waals surface area contributed by atoms with Crippen molar-refractivity contribution in [2.45, 2.75) is 47.1 Å². The molecule has 128 valence electrons. The van der Waals surface area contributed by atoms with Crippen molar-refractivity contribution in [1.29, 1.82) is 0 Å². The molecular formula is C19H24ClN3O. The number of amides is 1. The van der Waals surface area contributed by atoms with Crippen molar-refractivity contribution in [2.75, 3.05) is 5.32 Å². The van der Waals surface area contributed by atoms with Crippen LogP contribution in [0.5, 0.6) is 0 Å². The third kappa shape index (κ3) is 4.48. The largest absolute Gasteiger partial charge is 0.322 e. The minimum absolute atomic E-state index is 0.182. The number of rotatable bonds is 6. The van der Waals surface area contributed by atoms with Crippen LogP contribution in [-0.4, -0.2) is 15.7 Å². The van der Waals surface area contributed by atoms with Gasteiger partial charge in [0.15, 0.2) is 0 Å². The lowest BCUT2D eigenvalue weighted by Gasteiger charge is -2.07. The second-order valence-corrected chi connectivity index (χ2v) is 6.37. The number of benzene rings is 1. The fourth-order valence-corrected chi connectivity index (χ4v) is 2.82. The van der Waals surface area contributed by atoms with E-state index in [1.807, 2.05) is 39.0 Å². The van der Waals surface area contributed by atoms with E-state index in [1.54, 1.807) is 10.8 Å². The van der Waals surface area contributed by atoms with E-state index in [2.05, 4.69) is 17.3 Å². The van der Waals surface area contributed by atoms with E-state index in [1.165, 1.54) is 11.6 Å². The van der Waals surface area contributed by atoms with Crippen molar-refractivity contribution in [1.82, 2.24) is 9.78 Å². The highest BCUT2D eigenvalue weighted by Crippen LogP contribution is 2.22. The summed E-state index contributed by atoms with van der Waals surface area (Å²) in [5.74, 6) is -0.182. The van der Waals surface area contributed by atoms with Crippen LogP contribution in [0.3, 0.4) is 0 Å². The number of aromatic nitrogens is 2. The van der Waals surface area contributed by atoms with Gasteiger partial charge in [0.1, 0.15) is 5.15 Å². The molecule has 0 unspecified atom stereocenters. The van der Waals surface area contributed by atoms with Crippen molar-refractivity contribution in [3.05, 3.63) is 51.8 Å². The molecule has 0 radical (unpaired) electrons. The number of anilines is 1. The first kappa shape index (κ1) is 18.3. The van der Waals surface area contributed by atoms with Gasteiger partial charge in [-0.1, -0.05) is 42.6 Å². The lowest BCUT2D eigenvalue weighted by molar-refractivity contribution is -0.111. The minimum Gasteiger partial charge on any atom is -0.322 e. The average molecular weight is 346 g/mol. The fourth-order valence-electron chi connectivity index (χ4n) is 2.50. The van der Waals surface area contributed by atoms with Gasteiger partial charge < -0.3 is 5.32 Å². The third-order valence-corrected chi connectivity index (χ3v) is 4.27. The summed E-state index contributed by atoms with van der Waals surface area (Å²) in [4.78, 5) is 12.2. The SMILES string of the molecule is CCCCn1nc(C)c(/C=C/C(=O)Nc2ccc(C)cc2C)c1Cl. The van der Waals surface area contributed by atoms with E-state index >= 15 is 0 Å². The molecule has 4 nitrogen and oxygen atoms in total. The molecule has 0 saturated carbocycles. The molecule has 0 atom stereocenters. The second-order valence-electron chi connectivity index (χ2n) is 6.01. The smallest absolute Gasteiger partial charge is 0.248 e. The predicted octanol–water partition coefficient (Wildman–Crippen LogP) is 4.91. The molecule has 1 aromatic heterocycles. The molecule has 0 fully saturated rings. The van der Waals surface area contributed by atoms with Gasteiger partial charge in [-0.3, -0.25) is 9.48 Å². The molecule has 0 aliphatic rings. The Morgan fingerprint density at radius 2 is 2.08 bits per heavy atom. The van der Waals surface area contributed by atoms with Gasteiger partial charge in [0, 0.05) is 23.9 Å². The van der Waals surface area contributed by atoms with E-state index in [4.69, 9.17) is 11.6 Å². The monoisotopic (exact) mass is 345 g/mol. The quantitative estimate of drug-likeness (QED) is 0.756. The van der Waals surface area contributed by atoms with Crippen LogP contribution in [0.15, 0.2) is 24.3 Å². The maximum Gasteiger partial charge on any atom is 0.248 e. The van der Waals surface area contributed by atoms with Crippen LogP contribution in [-0.2, 0) is 11.3 Å². The standard InChI is InChI=1S/C19H24ClN3O/c1-5-6-11-23-19(20)16(15(4)22-23)8-10-18(24)21-17-9-7-13(2)12-14(17)3/h7-10,12H,5-6,11H2,1-4H3,(H,21,24)/b10-8+. The Morgan fingerprint density at radius 3 is 2.75 bits per heavy atom. The molecule has 1 N–H and O–H groups in total. The van der Waals surface area contributed by atoms with E-state index in [-0.39, 0.29) is 5.91 Å². The molecule has 0 aliphatic heterocycles. The summed E-state index contributed by atoms with van der Waals surface area (Å²) in [5, 5.41) is 7.91. The number of carbonyl (C=O) groups is 1. The lowest BCUT2D eigenvalue weighted by atomic mass is 10.1. The summed E-state index contributed by atoms with van der Waals surface area (Å²) in [7, 11) is 0. The highest BCUT2D eigenvalue weighted by molar-refractivity contribution is 6.31. The summed E-state index contributed by atoms with van der Waals surface area (Å²) in [5.41, 5.74) is 4.65. The van der Waals surface area contributed by atoms with Crippen molar-refractivity contribution in [2.24, 2.45) is 0 Å². The zero-order valence-corrected chi connectivity index (χ0v) is 15.4. The lowest BCUT2D eigenvalue weighted by Crippen LogP contribution is -2.09. The number of carbonyl (C=O) groups excluding carboxylic acids is 1. The van der Waals surface area contributed by atoms with Crippen molar-refractivity contribution >= 4 is 29.3 Å². The average Bonchev–Trinajstić information content (AvgIpc) is 2.80. The Balaban J connectivity index is 2.10. The molecule has 1 amide bonds. The van der Waals surface area contributed by atoms with Gasteiger partial charge in [-0.2, -0.15) is 5.10 Å². The molecular weight excluding hydrogens is 322 g/mol. The fraction of sp³-hybridized carbons (Fsp3) is 0.368. The zero-order chi connectivity index (χ0) is 17.7. The normalized spacial score (nSPS) is 11.2. The Kier molecular flexibility index (Phi) is 6.21. The van der Waals surface area contributed by atoms with Crippen LogP contribution >= 0.6 is 11.6 Å². The molecule has 1 aromatic carbocycles. The second kappa shape index (κ2) is 8.15. The molecule has 0 spiro atoms. The van der Waals surface area contributed by atoms with Crippen LogP contribution in [0.25, 0.3) is 6.08 Å². The summed E-state index contributed by atoms with van der Waals surface area (Å²) in [6, 6.07) is 5.93. The molecule has 24 heavy (non-hydrogen) atoms. The van der Waals surface area contributed by atoms with Crippen molar-refractivity contribution in [3.63, 3.8) is 0 Å². The van der Waals surface area contributed by atoms with E-state index in [0.717, 1.165) is 41.9 Å². The third-order valence-electron chi connectivity index (χ3n) is 3.87. The predicted molar refractivity (Wildman–Crippen MR) is 100 cm³/mol. The number of nitrogens with one attached hydrogen (secondary N) is 1. The number of aryl methyl sites for hydroxylation is 4. The summed E-state index contributed by atoms with van der Waals surface area (Å²) in [6.45, 7) is 8.82. The molecule has 2 aromatic rings. The van der Waals surface area contributed by atoms with E-state index in [0.29, 0.717) is 5.15 Å². The van der Waals surface area contributed by atoms with Gasteiger partial charge in [0.05, 0.1) is 5.69 Å². The molecule has 5 heteroatoms. The van der Waals surface area contributed by atoms with E-state index < -0.39 is 0 Å². The maximum absolute atomic E-state index is 12.2. The number of halogens is 1. The summed E-state index contributed by atoms with van der Waals surface area (Å²) in [6.07, 6.45) is 5.33. The molecule has 1 heterocycles. The van der Waals surface area contributed by atoms with Crippen LogP contribution in [0.1, 0.15) is 42.1 Å². The van der Waals surface area contributed by atoms with Gasteiger partial charge >= 0.3 is 0 Å². The highest BCUT2D eigenvalue weighted by atomic mass is 35.5. The topological polar surface area (TPSA) is 46.9 Å². The number of nitrogens with zero attached hydrogens (tertiary/aromatic N) is 2. The van der Waals surface area contributed by atoms with Crippen LogP contribution in [0, 0.1) is 20.8 Å². The number of unbranched alkanes of at least 4 members (excludes halogenated alkanes) is 1. The number of hydrogen-bond donors (Lipinski definition) is 1. The van der Waals surface area contributed by atoms with Crippen LogP contribution in [0.2, 0.25) is 5.15 Å². The van der Waals surface area contributed by atoms with Crippen LogP contribution < -0.4 is 5.32 Å². The minimum atomic E-state index is -0.182. The van der Waals surface area contributed by atoms with Gasteiger partial charge in [-0.25, -0.2) is 0 Å². The summed E-state index contributed by atoms with van der Waals surface area (Å²) >= 11 is 6.37. The van der Waals surface area contributed by atoms with Crippen molar-refractivity contribution < 1.29 is 4.79 Å².